The molecule has 0 bridgehead atoms. The lowest BCUT2D eigenvalue weighted by Gasteiger charge is -2.38. The molecule has 3 rings (SSSR count). The monoisotopic (exact) mass is 335 g/mol. The number of amides is 1. The first-order chi connectivity index (χ1) is 11.6. The third-order valence-electron chi connectivity index (χ3n) is 4.95. The largest absolute Gasteiger partial charge is 0.377 e. The number of benzene rings is 1. The zero-order chi connectivity index (χ0) is 16.9. The minimum atomic E-state index is -0.403. The van der Waals surface area contributed by atoms with E-state index in [9.17, 15) is 9.18 Å². The standard InChI is InChI=1S/C18H26FN3O2/c1-14(18(23)20-17-7-3-2-6-16(17)19)22-10-8-21(9-11-22)13-15-5-4-12-24-15/h2-3,6-7,14-15H,4-5,8-13H2,1H3,(H,20,23)/t14-,15-/m1/s1. The minimum Gasteiger partial charge on any atom is -0.377 e. The molecule has 1 N–H and O–H groups in total. The fraction of sp³-hybridized carbons (Fsp3) is 0.611. The molecule has 5 nitrogen and oxygen atoms in total. The third kappa shape index (κ3) is 4.32. The summed E-state index contributed by atoms with van der Waals surface area (Å²) in [7, 11) is 0. The van der Waals surface area contributed by atoms with Crippen LogP contribution < -0.4 is 5.32 Å². The van der Waals surface area contributed by atoms with Gasteiger partial charge in [0.1, 0.15) is 5.82 Å². The predicted octanol–water partition coefficient (Wildman–Crippen LogP) is 1.95. The second-order valence-corrected chi connectivity index (χ2v) is 6.62. The van der Waals surface area contributed by atoms with Crippen molar-refractivity contribution in [3.05, 3.63) is 30.1 Å². The van der Waals surface area contributed by atoms with E-state index < -0.39 is 5.82 Å². The molecule has 0 aliphatic carbocycles. The third-order valence-corrected chi connectivity index (χ3v) is 4.95. The number of rotatable bonds is 5. The van der Waals surface area contributed by atoms with Gasteiger partial charge < -0.3 is 10.1 Å². The second kappa shape index (κ2) is 8.05. The summed E-state index contributed by atoms with van der Waals surface area (Å²) >= 11 is 0. The molecule has 2 saturated heterocycles. The van der Waals surface area contributed by atoms with Crippen LogP contribution in [0.2, 0.25) is 0 Å². The van der Waals surface area contributed by atoms with Crippen LogP contribution in [0.5, 0.6) is 0 Å². The van der Waals surface area contributed by atoms with E-state index in [-0.39, 0.29) is 17.6 Å². The SMILES string of the molecule is C[C@H](C(=O)Nc1ccccc1F)N1CCN(C[C@H]2CCCO2)CC1. The topological polar surface area (TPSA) is 44.8 Å². The fourth-order valence-electron chi connectivity index (χ4n) is 3.38. The molecular weight excluding hydrogens is 309 g/mol. The quantitative estimate of drug-likeness (QED) is 0.893. The van der Waals surface area contributed by atoms with E-state index in [2.05, 4.69) is 15.1 Å². The Balaban J connectivity index is 1.46. The van der Waals surface area contributed by atoms with Gasteiger partial charge in [0.2, 0.25) is 5.91 Å². The summed E-state index contributed by atoms with van der Waals surface area (Å²) in [4.78, 5) is 16.9. The molecule has 2 aliphatic rings. The highest BCUT2D eigenvalue weighted by molar-refractivity contribution is 5.94. The van der Waals surface area contributed by atoms with Gasteiger partial charge in [-0.3, -0.25) is 14.6 Å². The number of ether oxygens (including phenoxy) is 1. The maximum atomic E-state index is 13.7. The summed E-state index contributed by atoms with van der Waals surface area (Å²) in [5.74, 6) is -0.563. The van der Waals surface area contributed by atoms with E-state index >= 15 is 0 Å². The van der Waals surface area contributed by atoms with Crippen molar-refractivity contribution in [1.29, 1.82) is 0 Å². The van der Waals surface area contributed by atoms with Crippen molar-refractivity contribution in [3.63, 3.8) is 0 Å². The van der Waals surface area contributed by atoms with E-state index in [0.717, 1.165) is 52.2 Å². The molecule has 2 fully saturated rings. The van der Waals surface area contributed by atoms with Gasteiger partial charge in [-0.15, -0.1) is 0 Å². The lowest BCUT2D eigenvalue weighted by molar-refractivity contribution is -0.121. The lowest BCUT2D eigenvalue weighted by Crippen LogP contribution is -2.53. The number of para-hydroxylation sites is 1. The zero-order valence-electron chi connectivity index (χ0n) is 14.2. The molecule has 0 spiro atoms. The van der Waals surface area contributed by atoms with Crippen molar-refractivity contribution in [1.82, 2.24) is 9.80 Å². The highest BCUT2D eigenvalue weighted by atomic mass is 19.1. The van der Waals surface area contributed by atoms with Gasteiger partial charge in [0, 0.05) is 39.3 Å². The van der Waals surface area contributed by atoms with Gasteiger partial charge in [-0.1, -0.05) is 12.1 Å². The van der Waals surface area contributed by atoms with E-state index in [1.807, 2.05) is 6.92 Å². The number of piperazine rings is 1. The van der Waals surface area contributed by atoms with Gasteiger partial charge in [-0.2, -0.15) is 0 Å². The highest BCUT2D eigenvalue weighted by Gasteiger charge is 2.27. The smallest absolute Gasteiger partial charge is 0.241 e. The number of nitrogens with zero attached hydrogens (tertiary/aromatic N) is 2. The van der Waals surface area contributed by atoms with E-state index in [1.165, 1.54) is 6.07 Å². The maximum Gasteiger partial charge on any atom is 0.241 e. The Morgan fingerprint density at radius 1 is 1.33 bits per heavy atom. The van der Waals surface area contributed by atoms with E-state index in [0.29, 0.717) is 6.10 Å². The summed E-state index contributed by atoms with van der Waals surface area (Å²) in [6.07, 6.45) is 2.69. The minimum absolute atomic E-state index is 0.160. The number of nitrogens with one attached hydrogen (secondary N) is 1. The van der Waals surface area contributed by atoms with Gasteiger partial charge >= 0.3 is 0 Å². The first kappa shape index (κ1) is 17.3. The van der Waals surface area contributed by atoms with Crippen LogP contribution in [0, 0.1) is 5.82 Å². The van der Waals surface area contributed by atoms with Crippen molar-refractivity contribution in [2.45, 2.75) is 31.9 Å². The predicted molar refractivity (Wildman–Crippen MR) is 91.5 cm³/mol. The second-order valence-electron chi connectivity index (χ2n) is 6.62. The Kier molecular flexibility index (Phi) is 5.81. The molecule has 6 heteroatoms. The zero-order valence-corrected chi connectivity index (χ0v) is 14.2. The van der Waals surface area contributed by atoms with Gasteiger partial charge in [-0.05, 0) is 31.9 Å². The van der Waals surface area contributed by atoms with Crippen LogP contribution in [0.15, 0.2) is 24.3 Å². The Morgan fingerprint density at radius 3 is 2.75 bits per heavy atom. The molecule has 1 aromatic rings. The van der Waals surface area contributed by atoms with E-state index in [1.54, 1.807) is 18.2 Å². The molecule has 24 heavy (non-hydrogen) atoms. The van der Waals surface area contributed by atoms with Crippen LogP contribution >= 0.6 is 0 Å². The summed E-state index contributed by atoms with van der Waals surface area (Å²) in [5.41, 5.74) is 0.242. The van der Waals surface area contributed by atoms with Crippen molar-refractivity contribution in [2.75, 3.05) is 44.6 Å². The first-order valence-corrected chi connectivity index (χ1v) is 8.77. The molecule has 0 aromatic heterocycles. The van der Waals surface area contributed by atoms with Gasteiger partial charge in [0.25, 0.3) is 0 Å². The van der Waals surface area contributed by atoms with Crippen LogP contribution in [-0.2, 0) is 9.53 Å². The molecule has 1 aromatic carbocycles. The van der Waals surface area contributed by atoms with Gasteiger partial charge in [0.05, 0.1) is 17.8 Å². The average molecular weight is 335 g/mol. The number of carbonyl (C=O) groups excluding carboxylic acids is 1. The molecule has 0 saturated carbocycles. The number of hydrogen-bond acceptors (Lipinski definition) is 4. The molecule has 0 radical (unpaired) electrons. The first-order valence-electron chi connectivity index (χ1n) is 8.77. The summed E-state index contributed by atoms with van der Waals surface area (Å²) in [6.45, 7) is 7.33. The Bertz CT molecular complexity index is 555. The van der Waals surface area contributed by atoms with Crippen molar-refractivity contribution < 1.29 is 13.9 Å². The van der Waals surface area contributed by atoms with Crippen molar-refractivity contribution in [2.24, 2.45) is 0 Å². The van der Waals surface area contributed by atoms with Crippen LogP contribution in [0.4, 0.5) is 10.1 Å². The molecular formula is C18H26FN3O2. The molecule has 2 atom stereocenters. The normalized spacial score (nSPS) is 24.0. The number of anilines is 1. The maximum absolute atomic E-state index is 13.7. The molecule has 0 unspecified atom stereocenters. The van der Waals surface area contributed by atoms with E-state index in [4.69, 9.17) is 4.74 Å². The molecule has 2 aliphatic heterocycles. The van der Waals surface area contributed by atoms with Crippen molar-refractivity contribution >= 4 is 11.6 Å². The van der Waals surface area contributed by atoms with Gasteiger partial charge in [0.15, 0.2) is 0 Å². The lowest BCUT2D eigenvalue weighted by atomic mass is 10.2. The van der Waals surface area contributed by atoms with Crippen molar-refractivity contribution in [3.8, 4) is 0 Å². The molecule has 2 heterocycles. The highest BCUT2D eigenvalue weighted by Crippen LogP contribution is 2.16. The van der Waals surface area contributed by atoms with Gasteiger partial charge in [-0.25, -0.2) is 4.39 Å². The Hall–Kier alpha value is -1.50. The Morgan fingerprint density at radius 2 is 2.08 bits per heavy atom. The van der Waals surface area contributed by atoms with Crippen LogP contribution in [0.3, 0.4) is 0 Å². The Labute approximate surface area is 142 Å². The number of carbonyl (C=O) groups is 1. The fourth-order valence-corrected chi connectivity index (χ4v) is 3.38. The van der Waals surface area contributed by atoms with Crippen LogP contribution in [0.25, 0.3) is 0 Å². The number of halogens is 1. The van der Waals surface area contributed by atoms with Crippen LogP contribution in [-0.4, -0.2) is 67.2 Å². The average Bonchev–Trinajstić information content (AvgIpc) is 3.10. The molecule has 1 amide bonds. The van der Waals surface area contributed by atoms with Crippen LogP contribution in [0.1, 0.15) is 19.8 Å². The molecule has 132 valence electrons. The number of hydrogen-bond donors (Lipinski definition) is 1. The summed E-state index contributed by atoms with van der Waals surface area (Å²) in [6, 6.07) is 5.99. The summed E-state index contributed by atoms with van der Waals surface area (Å²) in [5, 5.41) is 2.69. The summed E-state index contributed by atoms with van der Waals surface area (Å²) < 4.78 is 19.3.